The number of aliphatic hydroxyl groups excluding tert-OH is 1. The number of rotatable bonds is 4. The highest BCUT2D eigenvalue weighted by Crippen LogP contribution is 2.23. The second-order valence-electron chi connectivity index (χ2n) is 3.36. The first-order valence-electron chi connectivity index (χ1n) is 5.10. The Balaban J connectivity index is 3.00. The number of carbonyl (C=O) groups excluding carboxylic acids is 1. The molecule has 5 heteroatoms. The van der Waals surface area contributed by atoms with E-state index in [1.807, 2.05) is 6.07 Å². The minimum Gasteiger partial charge on any atom is -0.466 e. The van der Waals surface area contributed by atoms with Crippen molar-refractivity contribution in [2.75, 3.05) is 6.61 Å². The number of nitrogens with zero attached hydrogens (tertiary/aromatic N) is 1. The smallest absolute Gasteiger partial charge is 0.310 e. The van der Waals surface area contributed by atoms with E-state index in [1.165, 1.54) is 0 Å². The lowest BCUT2D eigenvalue weighted by molar-refractivity contribution is -0.142. The second kappa shape index (κ2) is 6.38. The van der Waals surface area contributed by atoms with Gasteiger partial charge in [-0.15, -0.1) is 0 Å². The lowest BCUT2D eigenvalue weighted by atomic mass is 10.0. The molecular formula is C12H12BrNO3. The number of esters is 1. The van der Waals surface area contributed by atoms with Crippen molar-refractivity contribution < 1.29 is 14.6 Å². The predicted octanol–water partition coefficient (Wildman–Crippen LogP) is 1.92. The van der Waals surface area contributed by atoms with Gasteiger partial charge in [-0.2, -0.15) is 5.26 Å². The summed E-state index contributed by atoms with van der Waals surface area (Å²) < 4.78 is 5.45. The van der Waals surface area contributed by atoms with E-state index in [4.69, 9.17) is 15.1 Å². The molecule has 0 fully saturated rings. The Bertz CT molecular complexity index is 466. The maximum Gasteiger partial charge on any atom is 0.310 e. The zero-order valence-corrected chi connectivity index (χ0v) is 11.0. The molecule has 90 valence electrons. The van der Waals surface area contributed by atoms with E-state index in [-0.39, 0.29) is 19.0 Å². The van der Waals surface area contributed by atoms with Crippen LogP contribution in [0.1, 0.15) is 23.6 Å². The van der Waals surface area contributed by atoms with Crippen molar-refractivity contribution in [3.63, 3.8) is 0 Å². The van der Waals surface area contributed by atoms with Crippen LogP contribution in [-0.2, 0) is 22.6 Å². The van der Waals surface area contributed by atoms with Crippen LogP contribution in [0.5, 0.6) is 0 Å². The summed E-state index contributed by atoms with van der Waals surface area (Å²) >= 11 is 3.26. The lowest BCUT2D eigenvalue weighted by Gasteiger charge is -2.07. The first kappa shape index (κ1) is 13.7. The average molecular weight is 298 g/mol. The Kier molecular flexibility index (Phi) is 5.13. The zero-order valence-electron chi connectivity index (χ0n) is 9.36. The molecule has 0 spiro atoms. The molecule has 17 heavy (non-hydrogen) atoms. The van der Waals surface area contributed by atoms with Gasteiger partial charge in [0, 0.05) is 10.0 Å². The maximum absolute atomic E-state index is 11.3. The minimum atomic E-state index is -0.333. The molecule has 0 aliphatic heterocycles. The summed E-state index contributed by atoms with van der Waals surface area (Å²) in [5.74, 6) is -0.333. The Hall–Kier alpha value is -1.38. The van der Waals surface area contributed by atoms with Gasteiger partial charge in [-0.3, -0.25) is 4.79 Å². The third kappa shape index (κ3) is 3.55. The van der Waals surface area contributed by atoms with Gasteiger partial charge in [0.25, 0.3) is 0 Å². The monoisotopic (exact) mass is 297 g/mol. The Labute approximate surface area is 108 Å². The van der Waals surface area contributed by atoms with Crippen LogP contribution in [0.25, 0.3) is 0 Å². The number of aliphatic hydroxyl groups is 1. The van der Waals surface area contributed by atoms with E-state index < -0.39 is 0 Å². The molecule has 0 unspecified atom stereocenters. The van der Waals surface area contributed by atoms with Crippen LogP contribution < -0.4 is 0 Å². The van der Waals surface area contributed by atoms with E-state index in [2.05, 4.69) is 15.9 Å². The van der Waals surface area contributed by atoms with E-state index in [1.54, 1.807) is 19.1 Å². The van der Waals surface area contributed by atoms with Crippen molar-refractivity contribution in [1.82, 2.24) is 0 Å². The van der Waals surface area contributed by atoms with Gasteiger partial charge in [0.15, 0.2) is 0 Å². The normalized spacial score (nSPS) is 9.76. The molecule has 0 amide bonds. The largest absolute Gasteiger partial charge is 0.466 e. The molecule has 0 saturated heterocycles. The highest BCUT2D eigenvalue weighted by molar-refractivity contribution is 9.10. The van der Waals surface area contributed by atoms with E-state index in [9.17, 15) is 4.79 Å². The summed E-state index contributed by atoms with van der Waals surface area (Å²) in [7, 11) is 0. The highest BCUT2D eigenvalue weighted by Gasteiger charge is 2.11. The maximum atomic E-state index is 11.3. The van der Waals surface area contributed by atoms with Gasteiger partial charge in [-0.05, 0) is 24.6 Å². The lowest BCUT2D eigenvalue weighted by Crippen LogP contribution is -2.08. The molecule has 1 aromatic rings. The van der Waals surface area contributed by atoms with Crippen LogP contribution in [-0.4, -0.2) is 17.7 Å². The summed E-state index contributed by atoms with van der Waals surface area (Å²) in [5, 5.41) is 18.1. The number of hydrogen-bond donors (Lipinski definition) is 1. The van der Waals surface area contributed by atoms with Crippen molar-refractivity contribution in [3.8, 4) is 6.07 Å². The highest BCUT2D eigenvalue weighted by atomic mass is 79.9. The molecule has 0 heterocycles. The van der Waals surface area contributed by atoms with Gasteiger partial charge >= 0.3 is 5.97 Å². The van der Waals surface area contributed by atoms with Gasteiger partial charge in [-0.1, -0.05) is 15.9 Å². The molecule has 0 radical (unpaired) electrons. The molecule has 1 rings (SSSR count). The number of nitriles is 1. The quantitative estimate of drug-likeness (QED) is 0.862. The molecule has 0 atom stereocenters. The number of benzene rings is 1. The fourth-order valence-corrected chi connectivity index (χ4v) is 2.07. The molecule has 1 N–H and O–H groups in total. The molecule has 0 aliphatic rings. The van der Waals surface area contributed by atoms with Gasteiger partial charge in [0.2, 0.25) is 0 Å². The van der Waals surface area contributed by atoms with Gasteiger partial charge in [-0.25, -0.2) is 0 Å². The molecule has 1 aromatic carbocycles. The molecule has 0 aliphatic carbocycles. The fourth-order valence-electron chi connectivity index (χ4n) is 1.43. The summed E-state index contributed by atoms with van der Waals surface area (Å²) in [6.07, 6.45) is 0.118. The summed E-state index contributed by atoms with van der Waals surface area (Å²) in [4.78, 5) is 11.3. The Morgan fingerprint density at radius 1 is 1.59 bits per heavy atom. The zero-order chi connectivity index (χ0) is 12.8. The first-order valence-corrected chi connectivity index (χ1v) is 5.89. The number of ether oxygens (including phenoxy) is 1. The van der Waals surface area contributed by atoms with Crippen molar-refractivity contribution >= 4 is 21.9 Å². The van der Waals surface area contributed by atoms with E-state index >= 15 is 0 Å². The van der Waals surface area contributed by atoms with Crippen LogP contribution in [0.4, 0.5) is 0 Å². The van der Waals surface area contributed by atoms with E-state index in [0.29, 0.717) is 27.8 Å². The summed E-state index contributed by atoms with van der Waals surface area (Å²) in [6, 6.07) is 5.29. The van der Waals surface area contributed by atoms with Crippen LogP contribution >= 0.6 is 15.9 Å². The van der Waals surface area contributed by atoms with E-state index in [0.717, 1.165) is 0 Å². The molecule has 4 nitrogen and oxygen atoms in total. The number of halogens is 1. The molecule has 0 saturated carbocycles. The standard InChI is InChI=1S/C12H12BrNO3/c1-2-17-12(16)5-8-3-9(6-14)10(7-15)11(13)4-8/h3-4,15H,2,5,7H2,1H3. The van der Waals surface area contributed by atoms with Gasteiger partial charge in [0.1, 0.15) is 0 Å². The third-order valence-electron chi connectivity index (χ3n) is 2.19. The third-order valence-corrected chi connectivity index (χ3v) is 2.90. The Morgan fingerprint density at radius 3 is 2.82 bits per heavy atom. The van der Waals surface area contributed by atoms with Crippen LogP contribution in [0.3, 0.4) is 0 Å². The SMILES string of the molecule is CCOC(=O)Cc1cc(Br)c(CO)c(C#N)c1. The summed E-state index contributed by atoms with van der Waals surface area (Å²) in [5.41, 5.74) is 1.57. The van der Waals surface area contributed by atoms with Crippen molar-refractivity contribution in [2.45, 2.75) is 20.0 Å². The van der Waals surface area contributed by atoms with Gasteiger partial charge in [0.05, 0.1) is 31.3 Å². The minimum absolute atomic E-state index is 0.118. The fraction of sp³-hybridized carbons (Fsp3) is 0.333. The molecule has 0 bridgehead atoms. The summed E-state index contributed by atoms with van der Waals surface area (Å²) in [6.45, 7) is 1.85. The molecular weight excluding hydrogens is 286 g/mol. The Morgan fingerprint density at radius 2 is 2.29 bits per heavy atom. The van der Waals surface area contributed by atoms with Crippen molar-refractivity contribution in [1.29, 1.82) is 5.26 Å². The average Bonchev–Trinajstić information content (AvgIpc) is 2.28. The predicted molar refractivity (Wildman–Crippen MR) is 65.1 cm³/mol. The number of hydrogen-bond acceptors (Lipinski definition) is 4. The molecule has 0 aromatic heterocycles. The van der Waals surface area contributed by atoms with Crippen LogP contribution in [0.15, 0.2) is 16.6 Å². The van der Waals surface area contributed by atoms with Crippen molar-refractivity contribution in [3.05, 3.63) is 33.3 Å². The number of carbonyl (C=O) groups is 1. The van der Waals surface area contributed by atoms with Crippen LogP contribution in [0.2, 0.25) is 0 Å². The van der Waals surface area contributed by atoms with Crippen molar-refractivity contribution in [2.24, 2.45) is 0 Å². The first-order chi connectivity index (χ1) is 8.12. The topological polar surface area (TPSA) is 70.3 Å². The van der Waals surface area contributed by atoms with Gasteiger partial charge < -0.3 is 9.84 Å². The van der Waals surface area contributed by atoms with Crippen LogP contribution in [0, 0.1) is 11.3 Å². The second-order valence-corrected chi connectivity index (χ2v) is 4.21.